The average molecular weight is 444 g/mol. The summed E-state index contributed by atoms with van der Waals surface area (Å²) in [5, 5.41) is 5.33. The third kappa shape index (κ3) is 5.71. The Morgan fingerprint density at radius 3 is 2.36 bits per heavy atom. The van der Waals surface area contributed by atoms with E-state index in [0.717, 1.165) is 30.6 Å². The smallest absolute Gasteiger partial charge is 0.309 e. The van der Waals surface area contributed by atoms with Crippen molar-refractivity contribution in [3.63, 3.8) is 0 Å². The largest absolute Gasteiger partial charge is 0.496 e. The van der Waals surface area contributed by atoms with Gasteiger partial charge < -0.3 is 20.3 Å². The molecular formula is C27H29N3O3. The first-order valence-corrected chi connectivity index (χ1v) is 11.2. The van der Waals surface area contributed by atoms with E-state index in [2.05, 4.69) is 64.1 Å². The average Bonchev–Trinajstić information content (AvgIpc) is 2.87. The molecule has 0 bridgehead atoms. The number of nitrogens with zero attached hydrogens (tertiary/aromatic N) is 1. The molecule has 0 saturated carbocycles. The number of rotatable bonds is 7. The Morgan fingerprint density at radius 1 is 0.879 bits per heavy atom. The number of ether oxygens (including phenoxy) is 1. The minimum absolute atomic E-state index is 0.235. The van der Waals surface area contributed by atoms with E-state index in [0.29, 0.717) is 18.7 Å². The zero-order valence-electron chi connectivity index (χ0n) is 18.8. The van der Waals surface area contributed by atoms with Gasteiger partial charge in [-0.05, 0) is 47.7 Å². The van der Waals surface area contributed by atoms with Crippen molar-refractivity contribution < 1.29 is 14.3 Å². The van der Waals surface area contributed by atoms with Crippen molar-refractivity contribution >= 4 is 17.5 Å². The third-order valence-corrected chi connectivity index (χ3v) is 5.97. The van der Waals surface area contributed by atoms with Crippen molar-refractivity contribution in [1.82, 2.24) is 10.6 Å². The van der Waals surface area contributed by atoms with Gasteiger partial charge >= 0.3 is 11.8 Å². The van der Waals surface area contributed by atoms with Crippen molar-refractivity contribution in [1.29, 1.82) is 0 Å². The van der Waals surface area contributed by atoms with Gasteiger partial charge in [0.15, 0.2) is 0 Å². The summed E-state index contributed by atoms with van der Waals surface area (Å²) in [7, 11) is 1.57. The van der Waals surface area contributed by atoms with E-state index in [9.17, 15) is 9.59 Å². The molecule has 1 aliphatic heterocycles. The van der Waals surface area contributed by atoms with Gasteiger partial charge in [-0.2, -0.15) is 0 Å². The summed E-state index contributed by atoms with van der Waals surface area (Å²) < 4.78 is 5.26. The third-order valence-electron chi connectivity index (χ3n) is 5.97. The summed E-state index contributed by atoms with van der Waals surface area (Å²) in [6.45, 7) is 2.57. The van der Waals surface area contributed by atoms with Crippen molar-refractivity contribution in [2.75, 3.05) is 25.1 Å². The maximum atomic E-state index is 12.1. The van der Waals surface area contributed by atoms with Crippen LogP contribution >= 0.6 is 0 Å². The van der Waals surface area contributed by atoms with E-state index in [1.165, 1.54) is 16.8 Å². The summed E-state index contributed by atoms with van der Waals surface area (Å²) in [5.74, 6) is -0.606. The molecule has 170 valence electrons. The lowest BCUT2D eigenvalue weighted by molar-refractivity contribution is -0.139. The second-order valence-electron chi connectivity index (χ2n) is 8.11. The number of methoxy groups -OCH3 is 1. The lowest BCUT2D eigenvalue weighted by Gasteiger charge is -2.30. The number of carbonyl (C=O) groups excluding carboxylic acids is 2. The van der Waals surface area contributed by atoms with E-state index in [1.54, 1.807) is 7.11 Å². The molecule has 2 N–H and O–H groups in total. The zero-order valence-corrected chi connectivity index (χ0v) is 18.8. The Hall–Kier alpha value is -3.80. The number of para-hydroxylation sites is 1. The minimum Gasteiger partial charge on any atom is -0.496 e. The second-order valence-corrected chi connectivity index (χ2v) is 8.11. The van der Waals surface area contributed by atoms with Gasteiger partial charge in [0.25, 0.3) is 0 Å². The fourth-order valence-corrected chi connectivity index (χ4v) is 4.09. The van der Waals surface area contributed by atoms with Crippen molar-refractivity contribution in [3.05, 3.63) is 95.1 Å². The Bertz CT molecular complexity index is 1110. The molecule has 6 nitrogen and oxygen atoms in total. The van der Waals surface area contributed by atoms with Crippen LogP contribution in [0.5, 0.6) is 5.75 Å². The SMILES string of the molecule is COc1ccccc1CNC(=O)C(=O)NCCc1ccc(N2CCc3ccccc3C2)cc1. The predicted octanol–water partition coefficient (Wildman–Crippen LogP) is 3.23. The molecule has 3 aromatic rings. The summed E-state index contributed by atoms with van der Waals surface area (Å²) >= 11 is 0. The standard InChI is InChI=1S/C27H29N3O3/c1-33-25-9-5-4-7-22(25)18-29-27(32)26(31)28-16-14-20-10-12-24(13-11-20)30-17-15-21-6-2-3-8-23(21)19-30/h2-13H,14-19H2,1H3,(H,28,31)(H,29,32). The molecule has 0 fully saturated rings. The number of benzene rings is 3. The highest BCUT2D eigenvalue weighted by atomic mass is 16.5. The molecule has 2 amide bonds. The number of amides is 2. The van der Waals surface area contributed by atoms with Gasteiger partial charge in [-0.3, -0.25) is 9.59 Å². The number of nitrogens with one attached hydrogen (secondary N) is 2. The Balaban J connectivity index is 1.22. The fourth-order valence-electron chi connectivity index (χ4n) is 4.09. The molecule has 6 heteroatoms. The normalized spacial score (nSPS) is 12.6. The topological polar surface area (TPSA) is 70.7 Å². The highest BCUT2D eigenvalue weighted by molar-refractivity contribution is 6.35. The lowest BCUT2D eigenvalue weighted by atomic mass is 9.99. The fraction of sp³-hybridized carbons (Fsp3) is 0.259. The van der Waals surface area contributed by atoms with Crippen molar-refractivity contribution in [2.24, 2.45) is 0 Å². The van der Waals surface area contributed by atoms with E-state index in [1.807, 2.05) is 24.3 Å². The molecule has 0 aromatic heterocycles. The quantitative estimate of drug-likeness (QED) is 0.550. The molecule has 33 heavy (non-hydrogen) atoms. The first kappa shape index (κ1) is 22.4. The Morgan fingerprint density at radius 2 is 1.58 bits per heavy atom. The molecule has 0 unspecified atom stereocenters. The molecule has 1 aliphatic rings. The van der Waals surface area contributed by atoms with E-state index in [4.69, 9.17) is 4.74 Å². The van der Waals surface area contributed by atoms with Gasteiger partial charge in [0, 0.05) is 37.4 Å². The highest BCUT2D eigenvalue weighted by Crippen LogP contribution is 2.24. The molecule has 0 atom stereocenters. The molecule has 0 aliphatic carbocycles. The van der Waals surface area contributed by atoms with Gasteiger partial charge in [-0.15, -0.1) is 0 Å². The van der Waals surface area contributed by atoms with E-state index < -0.39 is 11.8 Å². The van der Waals surface area contributed by atoms with Crippen LogP contribution in [0.25, 0.3) is 0 Å². The number of fused-ring (bicyclic) bond motifs is 1. The predicted molar refractivity (Wildman–Crippen MR) is 129 cm³/mol. The van der Waals surface area contributed by atoms with Gasteiger partial charge in [0.05, 0.1) is 7.11 Å². The second kappa shape index (κ2) is 10.7. The summed E-state index contributed by atoms with van der Waals surface area (Å²) in [5.41, 5.74) is 5.96. The Labute approximate surface area is 194 Å². The van der Waals surface area contributed by atoms with Gasteiger partial charge in [-0.1, -0.05) is 54.6 Å². The highest BCUT2D eigenvalue weighted by Gasteiger charge is 2.16. The van der Waals surface area contributed by atoms with Crippen LogP contribution in [-0.4, -0.2) is 32.0 Å². The molecule has 0 spiro atoms. The van der Waals surface area contributed by atoms with Crippen LogP contribution in [0.15, 0.2) is 72.8 Å². The lowest BCUT2D eigenvalue weighted by Crippen LogP contribution is -2.40. The number of anilines is 1. The zero-order chi connectivity index (χ0) is 23.0. The molecule has 1 heterocycles. The minimum atomic E-state index is -0.651. The molecule has 3 aromatic carbocycles. The van der Waals surface area contributed by atoms with Crippen LogP contribution in [0.3, 0.4) is 0 Å². The monoisotopic (exact) mass is 443 g/mol. The van der Waals surface area contributed by atoms with Gasteiger partial charge in [-0.25, -0.2) is 0 Å². The molecule has 0 radical (unpaired) electrons. The van der Waals surface area contributed by atoms with Crippen LogP contribution in [-0.2, 0) is 35.5 Å². The summed E-state index contributed by atoms with van der Waals surface area (Å²) in [6, 6.07) is 24.4. The molecule has 4 rings (SSSR count). The van der Waals surface area contributed by atoms with Crippen molar-refractivity contribution in [2.45, 2.75) is 25.9 Å². The Kier molecular flexibility index (Phi) is 7.25. The maximum absolute atomic E-state index is 12.1. The first-order chi connectivity index (χ1) is 16.1. The number of carbonyl (C=O) groups is 2. The first-order valence-electron chi connectivity index (χ1n) is 11.2. The van der Waals surface area contributed by atoms with Crippen molar-refractivity contribution in [3.8, 4) is 5.75 Å². The molecule has 0 saturated heterocycles. The maximum Gasteiger partial charge on any atom is 0.309 e. The van der Waals surface area contributed by atoms with Gasteiger partial charge in [0.2, 0.25) is 0 Å². The van der Waals surface area contributed by atoms with Crippen LogP contribution < -0.4 is 20.3 Å². The van der Waals surface area contributed by atoms with Crippen LogP contribution in [0, 0.1) is 0 Å². The van der Waals surface area contributed by atoms with Crippen LogP contribution in [0.1, 0.15) is 22.3 Å². The summed E-state index contributed by atoms with van der Waals surface area (Å²) in [4.78, 5) is 26.6. The van der Waals surface area contributed by atoms with Gasteiger partial charge in [0.1, 0.15) is 5.75 Å². The molecular weight excluding hydrogens is 414 g/mol. The van der Waals surface area contributed by atoms with Crippen LogP contribution in [0.2, 0.25) is 0 Å². The van der Waals surface area contributed by atoms with E-state index in [-0.39, 0.29) is 6.54 Å². The van der Waals surface area contributed by atoms with E-state index >= 15 is 0 Å². The number of hydrogen-bond donors (Lipinski definition) is 2. The number of hydrogen-bond acceptors (Lipinski definition) is 4. The van der Waals surface area contributed by atoms with Crippen LogP contribution in [0.4, 0.5) is 5.69 Å². The summed E-state index contributed by atoms with van der Waals surface area (Å²) in [6.07, 6.45) is 1.72.